The van der Waals surface area contributed by atoms with E-state index in [2.05, 4.69) is 22.2 Å². The summed E-state index contributed by atoms with van der Waals surface area (Å²) in [6.07, 6.45) is 4.52. The predicted molar refractivity (Wildman–Crippen MR) is 63.6 cm³/mol. The van der Waals surface area contributed by atoms with Gasteiger partial charge in [0.25, 0.3) is 0 Å². The molecule has 0 amide bonds. The normalized spacial score (nSPS) is 10.7. The Morgan fingerprint density at radius 1 is 1.25 bits per heavy atom. The first-order valence-corrected chi connectivity index (χ1v) is 5.38. The van der Waals surface area contributed by atoms with Crippen LogP contribution in [0.2, 0.25) is 0 Å². The van der Waals surface area contributed by atoms with E-state index in [1.54, 1.807) is 0 Å². The van der Waals surface area contributed by atoms with Crippen molar-refractivity contribution in [3.05, 3.63) is 41.5 Å². The molecule has 0 aromatic carbocycles. The van der Waals surface area contributed by atoms with Crippen molar-refractivity contribution in [2.24, 2.45) is 5.73 Å². The molecule has 2 aromatic heterocycles. The summed E-state index contributed by atoms with van der Waals surface area (Å²) < 4.78 is 1.91. The number of pyridine rings is 1. The van der Waals surface area contributed by atoms with E-state index in [1.165, 1.54) is 0 Å². The summed E-state index contributed by atoms with van der Waals surface area (Å²) in [6, 6.07) is 4.13. The Labute approximate surface area is 95.1 Å². The van der Waals surface area contributed by atoms with Gasteiger partial charge in [-0.2, -0.15) is 5.10 Å². The molecule has 0 fully saturated rings. The van der Waals surface area contributed by atoms with E-state index in [0.29, 0.717) is 6.54 Å². The molecule has 2 aromatic rings. The highest BCUT2D eigenvalue weighted by atomic mass is 15.3. The Balaban J connectivity index is 2.40. The highest BCUT2D eigenvalue weighted by Crippen LogP contribution is 2.12. The first-order chi connectivity index (χ1) is 7.70. The van der Waals surface area contributed by atoms with Gasteiger partial charge < -0.3 is 5.73 Å². The van der Waals surface area contributed by atoms with Crippen LogP contribution in [0.5, 0.6) is 0 Å². The number of aromatic nitrogens is 3. The lowest BCUT2D eigenvalue weighted by molar-refractivity contribution is 0.823. The van der Waals surface area contributed by atoms with Crippen LogP contribution in [0.1, 0.15) is 17.0 Å². The minimum absolute atomic E-state index is 0.641. The fraction of sp³-hybridized carbons (Fsp3) is 0.333. The summed E-state index contributed by atoms with van der Waals surface area (Å²) in [4.78, 5) is 4.21. The molecule has 0 aliphatic heterocycles. The van der Waals surface area contributed by atoms with Crippen molar-refractivity contribution < 1.29 is 0 Å². The Morgan fingerprint density at radius 3 is 2.69 bits per heavy atom. The van der Waals surface area contributed by atoms with Crippen LogP contribution in [-0.4, -0.2) is 21.3 Å². The lowest BCUT2D eigenvalue weighted by Gasteiger charge is -2.05. The van der Waals surface area contributed by atoms with Crippen molar-refractivity contribution >= 4 is 0 Å². The molecule has 0 saturated carbocycles. The summed E-state index contributed by atoms with van der Waals surface area (Å²) in [5.41, 5.74) is 9.81. The summed E-state index contributed by atoms with van der Waals surface area (Å²) in [7, 11) is 0. The molecule has 0 spiro atoms. The van der Waals surface area contributed by atoms with Crippen molar-refractivity contribution in [2.75, 3.05) is 6.54 Å². The van der Waals surface area contributed by atoms with Crippen molar-refractivity contribution in [3.63, 3.8) is 0 Å². The Morgan fingerprint density at radius 2 is 2.06 bits per heavy atom. The quantitative estimate of drug-likeness (QED) is 0.843. The van der Waals surface area contributed by atoms with E-state index >= 15 is 0 Å². The third-order valence-electron chi connectivity index (χ3n) is 2.47. The maximum absolute atomic E-state index is 5.53. The molecule has 4 heteroatoms. The first kappa shape index (κ1) is 10.8. The van der Waals surface area contributed by atoms with Crippen LogP contribution >= 0.6 is 0 Å². The molecule has 4 nitrogen and oxygen atoms in total. The molecular formula is C12H16N4. The van der Waals surface area contributed by atoms with Crippen LogP contribution in [-0.2, 0) is 6.42 Å². The molecule has 0 unspecified atom stereocenters. The van der Waals surface area contributed by atoms with Gasteiger partial charge in [0.2, 0.25) is 0 Å². The second-order valence-electron chi connectivity index (χ2n) is 3.93. The van der Waals surface area contributed by atoms with E-state index < -0.39 is 0 Å². The van der Waals surface area contributed by atoms with Crippen molar-refractivity contribution in [3.8, 4) is 5.69 Å². The number of hydrogen-bond donors (Lipinski definition) is 1. The topological polar surface area (TPSA) is 56.7 Å². The number of nitrogens with two attached hydrogens (primary N) is 1. The summed E-state index contributed by atoms with van der Waals surface area (Å²) in [5, 5.41) is 4.43. The van der Waals surface area contributed by atoms with Crippen molar-refractivity contribution in [1.82, 2.24) is 14.8 Å². The molecule has 0 aliphatic carbocycles. The molecule has 0 atom stereocenters. The van der Waals surface area contributed by atoms with Gasteiger partial charge in [-0.1, -0.05) is 0 Å². The molecule has 2 N–H and O–H groups in total. The average molecular weight is 216 g/mol. The van der Waals surface area contributed by atoms with Crippen LogP contribution in [0.4, 0.5) is 0 Å². The Bertz CT molecular complexity index is 488. The summed E-state index contributed by atoms with van der Waals surface area (Å²) in [6.45, 7) is 4.67. The molecule has 2 heterocycles. The average Bonchev–Trinajstić information content (AvgIpc) is 2.59. The molecule has 0 bridgehead atoms. The number of aryl methyl sites for hydroxylation is 2. The zero-order valence-electron chi connectivity index (χ0n) is 9.64. The molecule has 84 valence electrons. The van der Waals surface area contributed by atoms with Gasteiger partial charge in [0, 0.05) is 11.9 Å². The SMILES string of the molecule is Cc1cc(C)n(-c2cncc(CCN)c2)n1. The highest BCUT2D eigenvalue weighted by molar-refractivity contribution is 5.33. The van der Waals surface area contributed by atoms with Gasteiger partial charge in [0.15, 0.2) is 0 Å². The second-order valence-corrected chi connectivity index (χ2v) is 3.93. The van der Waals surface area contributed by atoms with Gasteiger partial charge in [-0.3, -0.25) is 4.98 Å². The fourth-order valence-corrected chi connectivity index (χ4v) is 1.78. The standard InChI is InChI=1S/C12H16N4/c1-9-5-10(2)16(15-9)12-6-11(3-4-13)7-14-8-12/h5-8H,3-4,13H2,1-2H3. The molecule has 16 heavy (non-hydrogen) atoms. The molecule has 0 aliphatic rings. The molecular weight excluding hydrogens is 200 g/mol. The molecule has 2 rings (SSSR count). The van der Waals surface area contributed by atoms with Gasteiger partial charge in [0.05, 0.1) is 17.6 Å². The van der Waals surface area contributed by atoms with Crippen LogP contribution in [0.25, 0.3) is 5.69 Å². The van der Waals surface area contributed by atoms with E-state index in [1.807, 2.05) is 30.9 Å². The minimum Gasteiger partial charge on any atom is -0.330 e. The lowest BCUT2D eigenvalue weighted by Crippen LogP contribution is -2.05. The van der Waals surface area contributed by atoms with Gasteiger partial charge >= 0.3 is 0 Å². The van der Waals surface area contributed by atoms with Crippen LogP contribution < -0.4 is 5.73 Å². The maximum Gasteiger partial charge on any atom is 0.0834 e. The van der Waals surface area contributed by atoms with E-state index in [0.717, 1.165) is 29.1 Å². The number of nitrogens with zero attached hydrogens (tertiary/aromatic N) is 3. The van der Waals surface area contributed by atoms with E-state index in [4.69, 9.17) is 5.73 Å². The van der Waals surface area contributed by atoms with E-state index in [-0.39, 0.29) is 0 Å². The largest absolute Gasteiger partial charge is 0.330 e. The predicted octanol–water partition coefficient (Wildman–Crippen LogP) is 1.39. The molecule has 0 radical (unpaired) electrons. The van der Waals surface area contributed by atoms with Crippen molar-refractivity contribution in [2.45, 2.75) is 20.3 Å². The van der Waals surface area contributed by atoms with Gasteiger partial charge in [-0.05, 0) is 44.5 Å². The summed E-state index contributed by atoms with van der Waals surface area (Å²) in [5.74, 6) is 0. The van der Waals surface area contributed by atoms with Crippen LogP contribution in [0, 0.1) is 13.8 Å². The van der Waals surface area contributed by atoms with Gasteiger partial charge in [-0.25, -0.2) is 4.68 Å². The monoisotopic (exact) mass is 216 g/mol. The number of rotatable bonds is 3. The zero-order chi connectivity index (χ0) is 11.5. The summed E-state index contributed by atoms with van der Waals surface area (Å²) >= 11 is 0. The smallest absolute Gasteiger partial charge is 0.0834 e. The second kappa shape index (κ2) is 4.45. The van der Waals surface area contributed by atoms with Crippen LogP contribution in [0.3, 0.4) is 0 Å². The fourth-order valence-electron chi connectivity index (χ4n) is 1.78. The third kappa shape index (κ3) is 2.12. The first-order valence-electron chi connectivity index (χ1n) is 5.38. The lowest BCUT2D eigenvalue weighted by atomic mass is 10.2. The van der Waals surface area contributed by atoms with Crippen molar-refractivity contribution in [1.29, 1.82) is 0 Å². The van der Waals surface area contributed by atoms with Crippen LogP contribution in [0.15, 0.2) is 24.5 Å². The van der Waals surface area contributed by atoms with E-state index in [9.17, 15) is 0 Å². The Hall–Kier alpha value is -1.68. The van der Waals surface area contributed by atoms with Gasteiger partial charge in [0.1, 0.15) is 0 Å². The zero-order valence-corrected chi connectivity index (χ0v) is 9.64. The Kier molecular flexibility index (Phi) is 3.01. The minimum atomic E-state index is 0.641. The highest BCUT2D eigenvalue weighted by Gasteiger charge is 2.04. The third-order valence-corrected chi connectivity index (χ3v) is 2.47. The maximum atomic E-state index is 5.53. The van der Waals surface area contributed by atoms with Gasteiger partial charge in [-0.15, -0.1) is 0 Å². The number of hydrogen-bond acceptors (Lipinski definition) is 3. The molecule has 0 saturated heterocycles.